The normalized spacial score (nSPS) is 11.3. The molecule has 0 aliphatic carbocycles. The molecule has 0 heterocycles. The first kappa shape index (κ1) is 25.5. The quantitative estimate of drug-likeness (QED) is 0.142. The standard InChI is InChI=1S/C28H19N3O7S/c32-27(29-25-9-3-6-17-5-1-2-8-23(17)25)19-13-20(15-21(14-19)31(34)35)28(33)30-26-10-4-7-18-16-22(39(36,37)38)11-12-24(18)26/h1-16H,(H,29,32)(H,30,33)(H,36,37,38). The third kappa shape index (κ3) is 5.30. The van der Waals surface area contributed by atoms with Gasteiger partial charge in [-0.15, -0.1) is 0 Å². The van der Waals surface area contributed by atoms with Gasteiger partial charge in [0.1, 0.15) is 0 Å². The summed E-state index contributed by atoms with van der Waals surface area (Å²) in [5, 5.41) is 19.6. The molecule has 0 aliphatic rings. The number of nitrogens with zero attached hydrogens (tertiary/aromatic N) is 1. The van der Waals surface area contributed by atoms with Gasteiger partial charge in [0.2, 0.25) is 0 Å². The Morgan fingerprint density at radius 1 is 0.692 bits per heavy atom. The van der Waals surface area contributed by atoms with E-state index in [0.717, 1.165) is 22.9 Å². The van der Waals surface area contributed by atoms with Gasteiger partial charge in [-0.2, -0.15) is 8.42 Å². The average molecular weight is 542 g/mol. The first-order chi connectivity index (χ1) is 18.6. The molecule has 194 valence electrons. The highest BCUT2D eigenvalue weighted by Crippen LogP contribution is 2.28. The van der Waals surface area contributed by atoms with Crippen molar-refractivity contribution >= 4 is 60.5 Å². The largest absolute Gasteiger partial charge is 0.321 e. The lowest BCUT2D eigenvalue weighted by Crippen LogP contribution is -2.16. The van der Waals surface area contributed by atoms with Crippen molar-refractivity contribution in [1.82, 2.24) is 0 Å². The maximum atomic E-state index is 13.2. The number of anilines is 2. The van der Waals surface area contributed by atoms with Crippen LogP contribution in [0.3, 0.4) is 0 Å². The molecule has 3 N–H and O–H groups in total. The minimum Gasteiger partial charge on any atom is -0.321 e. The lowest BCUT2D eigenvalue weighted by atomic mass is 10.1. The minimum absolute atomic E-state index is 0.0852. The van der Waals surface area contributed by atoms with Gasteiger partial charge in [-0.3, -0.25) is 24.3 Å². The molecule has 2 amide bonds. The summed E-state index contributed by atoms with van der Waals surface area (Å²) < 4.78 is 32.3. The number of carbonyl (C=O) groups is 2. The number of hydrogen-bond acceptors (Lipinski definition) is 6. The minimum atomic E-state index is -4.42. The summed E-state index contributed by atoms with van der Waals surface area (Å²) in [6.07, 6.45) is 0. The zero-order valence-electron chi connectivity index (χ0n) is 20.0. The Morgan fingerprint density at radius 3 is 1.82 bits per heavy atom. The predicted molar refractivity (Wildman–Crippen MR) is 147 cm³/mol. The van der Waals surface area contributed by atoms with Crippen molar-refractivity contribution in [3.8, 4) is 0 Å². The lowest BCUT2D eigenvalue weighted by Gasteiger charge is -2.12. The lowest BCUT2D eigenvalue weighted by molar-refractivity contribution is -0.384. The summed E-state index contributed by atoms with van der Waals surface area (Å²) in [5.74, 6) is -1.35. The van der Waals surface area contributed by atoms with Gasteiger partial charge in [-0.25, -0.2) is 0 Å². The molecule has 0 saturated heterocycles. The van der Waals surface area contributed by atoms with Crippen molar-refractivity contribution in [3.63, 3.8) is 0 Å². The van der Waals surface area contributed by atoms with E-state index < -0.39 is 32.5 Å². The topological polar surface area (TPSA) is 156 Å². The van der Waals surface area contributed by atoms with Crippen molar-refractivity contribution in [3.05, 3.63) is 118 Å². The van der Waals surface area contributed by atoms with Gasteiger partial charge in [0, 0.05) is 45.4 Å². The molecule has 5 aromatic rings. The van der Waals surface area contributed by atoms with E-state index in [1.165, 1.54) is 24.3 Å². The van der Waals surface area contributed by atoms with Crippen molar-refractivity contribution in [2.24, 2.45) is 0 Å². The molecule has 0 aromatic heterocycles. The van der Waals surface area contributed by atoms with Crippen LogP contribution in [0.4, 0.5) is 17.1 Å². The van der Waals surface area contributed by atoms with Crippen molar-refractivity contribution in [2.45, 2.75) is 4.90 Å². The molecule has 0 fully saturated rings. The average Bonchev–Trinajstić information content (AvgIpc) is 2.92. The van der Waals surface area contributed by atoms with E-state index in [1.807, 2.05) is 30.3 Å². The van der Waals surface area contributed by atoms with Crippen molar-refractivity contribution < 1.29 is 27.5 Å². The number of nitro groups is 1. The number of non-ortho nitro benzene ring substituents is 1. The van der Waals surface area contributed by atoms with E-state index in [1.54, 1.807) is 30.3 Å². The molecule has 0 saturated carbocycles. The second-order valence-electron chi connectivity index (χ2n) is 8.62. The van der Waals surface area contributed by atoms with Gasteiger partial charge in [-0.1, -0.05) is 54.6 Å². The van der Waals surface area contributed by atoms with Gasteiger partial charge in [0.05, 0.1) is 9.82 Å². The van der Waals surface area contributed by atoms with E-state index in [-0.39, 0.29) is 16.0 Å². The van der Waals surface area contributed by atoms with Gasteiger partial charge < -0.3 is 10.6 Å². The van der Waals surface area contributed by atoms with Crippen LogP contribution in [0.5, 0.6) is 0 Å². The van der Waals surface area contributed by atoms with E-state index in [4.69, 9.17) is 0 Å². The van der Waals surface area contributed by atoms with Crippen LogP contribution in [0.1, 0.15) is 20.7 Å². The van der Waals surface area contributed by atoms with Gasteiger partial charge in [0.25, 0.3) is 27.6 Å². The molecule has 10 nitrogen and oxygen atoms in total. The molecule has 0 unspecified atom stereocenters. The van der Waals surface area contributed by atoms with Crippen LogP contribution < -0.4 is 10.6 Å². The number of hydrogen-bond donors (Lipinski definition) is 3. The Labute approximate surface area is 221 Å². The maximum absolute atomic E-state index is 13.2. The summed E-state index contributed by atoms with van der Waals surface area (Å²) in [6.45, 7) is 0. The number of benzene rings is 5. The van der Waals surface area contributed by atoms with Gasteiger partial charge in [-0.05, 0) is 41.1 Å². The molecular formula is C28H19N3O7S. The Bertz CT molecular complexity index is 1910. The fourth-order valence-electron chi connectivity index (χ4n) is 4.23. The van der Waals surface area contributed by atoms with Gasteiger partial charge >= 0.3 is 0 Å². The summed E-state index contributed by atoms with van der Waals surface area (Å²) in [6, 6.07) is 24.8. The molecular weight excluding hydrogens is 522 g/mol. The number of amides is 2. The van der Waals surface area contributed by atoms with Crippen LogP contribution in [0.2, 0.25) is 0 Å². The van der Waals surface area contributed by atoms with Crippen LogP contribution >= 0.6 is 0 Å². The summed E-state index contributed by atoms with van der Waals surface area (Å²) >= 11 is 0. The highest BCUT2D eigenvalue weighted by molar-refractivity contribution is 7.85. The van der Waals surface area contributed by atoms with Gasteiger partial charge in [0.15, 0.2) is 0 Å². The van der Waals surface area contributed by atoms with Crippen LogP contribution in [-0.4, -0.2) is 29.7 Å². The first-order valence-electron chi connectivity index (χ1n) is 11.5. The van der Waals surface area contributed by atoms with Crippen LogP contribution in [0, 0.1) is 10.1 Å². The first-order valence-corrected chi connectivity index (χ1v) is 12.9. The molecule has 0 spiro atoms. The second kappa shape index (κ2) is 9.97. The van der Waals surface area contributed by atoms with Crippen molar-refractivity contribution in [2.75, 3.05) is 10.6 Å². The molecule has 5 rings (SSSR count). The Kier molecular flexibility index (Phi) is 6.52. The third-order valence-electron chi connectivity index (χ3n) is 6.09. The smallest absolute Gasteiger partial charge is 0.294 e. The molecule has 0 radical (unpaired) electrons. The maximum Gasteiger partial charge on any atom is 0.294 e. The van der Waals surface area contributed by atoms with Crippen LogP contribution in [0.25, 0.3) is 21.5 Å². The molecule has 0 bridgehead atoms. The SMILES string of the molecule is O=C(Nc1cccc2ccccc12)c1cc(C(=O)Nc2cccc3cc(S(=O)(=O)O)ccc23)cc([N+](=O)[O-])c1. The summed E-state index contributed by atoms with van der Waals surface area (Å²) in [5.41, 5.74) is 0.154. The fourth-order valence-corrected chi connectivity index (χ4v) is 4.75. The zero-order valence-corrected chi connectivity index (χ0v) is 20.8. The summed E-state index contributed by atoms with van der Waals surface area (Å²) in [4.78, 5) is 36.9. The molecule has 39 heavy (non-hydrogen) atoms. The zero-order chi connectivity index (χ0) is 27.7. The Balaban J connectivity index is 1.47. The van der Waals surface area contributed by atoms with Crippen molar-refractivity contribution in [1.29, 1.82) is 0 Å². The Hall–Kier alpha value is -5.13. The highest BCUT2D eigenvalue weighted by Gasteiger charge is 2.20. The third-order valence-corrected chi connectivity index (χ3v) is 6.94. The van der Waals surface area contributed by atoms with E-state index >= 15 is 0 Å². The van der Waals surface area contributed by atoms with Crippen LogP contribution in [0.15, 0.2) is 102 Å². The number of fused-ring (bicyclic) bond motifs is 2. The molecule has 5 aromatic carbocycles. The van der Waals surface area contributed by atoms with E-state index in [9.17, 15) is 32.7 Å². The number of nitro benzene ring substituents is 1. The molecule has 0 aliphatic heterocycles. The fraction of sp³-hybridized carbons (Fsp3) is 0. The predicted octanol–water partition coefficient (Wildman–Crippen LogP) is 5.65. The molecule has 0 atom stereocenters. The van der Waals surface area contributed by atoms with E-state index in [0.29, 0.717) is 22.1 Å². The van der Waals surface area contributed by atoms with E-state index in [2.05, 4.69) is 10.6 Å². The number of nitrogens with one attached hydrogen (secondary N) is 2. The monoisotopic (exact) mass is 541 g/mol. The number of carbonyl (C=O) groups excluding carboxylic acids is 2. The molecule has 11 heteroatoms. The summed E-state index contributed by atoms with van der Waals surface area (Å²) in [7, 11) is -4.42. The highest BCUT2D eigenvalue weighted by atomic mass is 32.2. The number of rotatable bonds is 6. The Morgan fingerprint density at radius 2 is 1.23 bits per heavy atom. The second-order valence-corrected chi connectivity index (χ2v) is 10.0. The van der Waals surface area contributed by atoms with Crippen LogP contribution in [-0.2, 0) is 10.1 Å².